The van der Waals surface area contributed by atoms with Crippen molar-refractivity contribution in [1.29, 1.82) is 0 Å². The molecule has 0 spiro atoms. The number of furan rings is 1. The minimum atomic E-state index is 0.0283. The largest absolute Gasteiger partial charge is 0.446 e. The molecular weight excluding hydrogens is 202 g/mol. The van der Waals surface area contributed by atoms with Crippen LogP contribution in [0.2, 0.25) is 0 Å². The monoisotopic (exact) mass is 215 g/mol. The first kappa shape index (κ1) is 9.39. The number of rotatable bonds is 0. The van der Waals surface area contributed by atoms with E-state index in [1.165, 1.54) is 0 Å². The molecule has 4 heteroatoms. The molecule has 0 saturated heterocycles. The van der Waals surface area contributed by atoms with Crippen molar-refractivity contribution in [2.75, 3.05) is 0 Å². The third-order valence-corrected chi connectivity index (χ3v) is 2.70. The van der Waals surface area contributed by atoms with E-state index in [1.807, 2.05) is 16.7 Å². The zero-order valence-electron chi connectivity index (χ0n) is 9.56. The molecule has 0 bridgehead atoms. The Kier molecular flexibility index (Phi) is 1.67. The van der Waals surface area contributed by atoms with Crippen LogP contribution in [-0.2, 0) is 5.41 Å². The molecule has 3 heterocycles. The highest BCUT2D eigenvalue weighted by Gasteiger charge is 2.20. The summed E-state index contributed by atoms with van der Waals surface area (Å²) in [5.41, 5.74) is 3.61. The van der Waals surface area contributed by atoms with Crippen LogP contribution in [0.15, 0.2) is 29.1 Å². The number of hydrogen-bond donors (Lipinski definition) is 0. The fraction of sp³-hybridized carbons (Fsp3) is 0.333. The summed E-state index contributed by atoms with van der Waals surface area (Å²) in [6.45, 7) is 6.48. The standard InChI is InChI=1S/C12H13N3O/c1-12(2,3)9-6-14-10-7-13-8-4-5-16-11(8)15(9)10/h4-7H,1-3H3. The number of imidazole rings is 1. The van der Waals surface area contributed by atoms with Gasteiger partial charge in [0.1, 0.15) is 5.52 Å². The van der Waals surface area contributed by atoms with Crippen molar-refractivity contribution in [3.05, 3.63) is 30.4 Å². The Morgan fingerprint density at radius 1 is 1.19 bits per heavy atom. The Labute approximate surface area is 92.9 Å². The zero-order valence-corrected chi connectivity index (χ0v) is 9.56. The van der Waals surface area contributed by atoms with Gasteiger partial charge in [-0.05, 0) is 0 Å². The van der Waals surface area contributed by atoms with Crippen LogP contribution >= 0.6 is 0 Å². The molecular formula is C12H13N3O. The SMILES string of the molecule is CC(C)(C)c1cnc2cnc3ccoc3n12. The van der Waals surface area contributed by atoms with Crippen molar-refractivity contribution in [1.82, 2.24) is 14.4 Å². The van der Waals surface area contributed by atoms with Gasteiger partial charge in [-0.1, -0.05) is 20.8 Å². The van der Waals surface area contributed by atoms with Gasteiger partial charge in [0.15, 0.2) is 5.65 Å². The third-order valence-electron chi connectivity index (χ3n) is 2.70. The first-order valence-electron chi connectivity index (χ1n) is 5.27. The van der Waals surface area contributed by atoms with Crippen LogP contribution in [0.1, 0.15) is 26.5 Å². The highest BCUT2D eigenvalue weighted by Crippen LogP contribution is 2.26. The van der Waals surface area contributed by atoms with Crippen molar-refractivity contribution in [3.63, 3.8) is 0 Å². The van der Waals surface area contributed by atoms with Crippen LogP contribution in [0.4, 0.5) is 0 Å². The molecule has 0 aromatic carbocycles. The number of aromatic nitrogens is 3. The predicted octanol–water partition coefficient (Wildman–Crippen LogP) is 2.77. The molecule has 3 aromatic rings. The lowest BCUT2D eigenvalue weighted by Crippen LogP contribution is -2.14. The molecule has 0 fully saturated rings. The van der Waals surface area contributed by atoms with E-state index in [0.29, 0.717) is 0 Å². The normalized spacial score (nSPS) is 12.7. The van der Waals surface area contributed by atoms with Crippen LogP contribution in [0.25, 0.3) is 16.9 Å². The van der Waals surface area contributed by atoms with Crippen LogP contribution in [-0.4, -0.2) is 14.4 Å². The molecule has 0 aliphatic heterocycles. The third kappa shape index (κ3) is 1.16. The van der Waals surface area contributed by atoms with Crippen molar-refractivity contribution >= 4 is 16.9 Å². The van der Waals surface area contributed by atoms with Gasteiger partial charge in [-0.25, -0.2) is 9.97 Å². The molecule has 16 heavy (non-hydrogen) atoms. The molecule has 0 saturated carbocycles. The molecule has 82 valence electrons. The number of nitrogens with zero attached hydrogens (tertiary/aromatic N) is 3. The minimum Gasteiger partial charge on any atom is -0.446 e. The highest BCUT2D eigenvalue weighted by atomic mass is 16.3. The maximum absolute atomic E-state index is 5.49. The smallest absolute Gasteiger partial charge is 0.231 e. The maximum Gasteiger partial charge on any atom is 0.231 e. The zero-order chi connectivity index (χ0) is 11.3. The van der Waals surface area contributed by atoms with Crippen LogP contribution in [0.3, 0.4) is 0 Å². The highest BCUT2D eigenvalue weighted by molar-refractivity contribution is 5.72. The molecule has 4 nitrogen and oxygen atoms in total. The average Bonchev–Trinajstić information content (AvgIpc) is 2.81. The van der Waals surface area contributed by atoms with Gasteiger partial charge in [0.2, 0.25) is 5.71 Å². The average molecular weight is 215 g/mol. The Balaban J connectivity index is 2.51. The van der Waals surface area contributed by atoms with Gasteiger partial charge in [-0.3, -0.25) is 4.40 Å². The van der Waals surface area contributed by atoms with E-state index in [2.05, 4.69) is 30.7 Å². The lowest BCUT2D eigenvalue weighted by molar-refractivity contribution is 0.546. The predicted molar refractivity (Wildman–Crippen MR) is 61.5 cm³/mol. The molecule has 0 atom stereocenters. The lowest BCUT2D eigenvalue weighted by atomic mass is 9.93. The maximum atomic E-state index is 5.49. The Morgan fingerprint density at radius 3 is 2.75 bits per heavy atom. The van der Waals surface area contributed by atoms with Crippen molar-refractivity contribution in [2.24, 2.45) is 0 Å². The molecule has 0 unspecified atom stereocenters. The van der Waals surface area contributed by atoms with E-state index < -0.39 is 0 Å². The van der Waals surface area contributed by atoms with E-state index in [9.17, 15) is 0 Å². The van der Waals surface area contributed by atoms with E-state index in [-0.39, 0.29) is 5.41 Å². The molecule has 0 N–H and O–H groups in total. The van der Waals surface area contributed by atoms with Gasteiger partial charge in [-0.15, -0.1) is 0 Å². The fourth-order valence-corrected chi connectivity index (χ4v) is 1.89. The summed E-state index contributed by atoms with van der Waals surface area (Å²) in [5.74, 6) is 0. The van der Waals surface area contributed by atoms with Gasteiger partial charge < -0.3 is 4.42 Å². The van der Waals surface area contributed by atoms with E-state index in [0.717, 1.165) is 22.6 Å². The second kappa shape index (κ2) is 2.84. The minimum absolute atomic E-state index is 0.0283. The van der Waals surface area contributed by atoms with E-state index >= 15 is 0 Å². The fourth-order valence-electron chi connectivity index (χ4n) is 1.89. The molecule has 0 aliphatic carbocycles. The molecule has 0 amide bonds. The second-order valence-electron chi connectivity index (χ2n) is 4.96. The summed E-state index contributed by atoms with van der Waals surface area (Å²) in [5, 5.41) is 0. The van der Waals surface area contributed by atoms with Gasteiger partial charge in [0, 0.05) is 17.7 Å². The summed E-state index contributed by atoms with van der Waals surface area (Å²) in [4.78, 5) is 8.64. The topological polar surface area (TPSA) is 43.3 Å². The summed E-state index contributed by atoms with van der Waals surface area (Å²) in [6, 6.07) is 1.86. The Bertz CT molecular complexity index is 658. The second-order valence-corrected chi connectivity index (χ2v) is 4.96. The summed E-state index contributed by atoms with van der Waals surface area (Å²) in [6.07, 6.45) is 5.32. The Morgan fingerprint density at radius 2 is 2.00 bits per heavy atom. The van der Waals surface area contributed by atoms with Gasteiger partial charge in [-0.2, -0.15) is 0 Å². The van der Waals surface area contributed by atoms with Gasteiger partial charge in [0.25, 0.3) is 0 Å². The lowest BCUT2D eigenvalue weighted by Gasteiger charge is -2.17. The summed E-state index contributed by atoms with van der Waals surface area (Å²) in [7, 11) is 0. The molecule has 0 radical (unpaired) electrons. The van der Waals surface area contributed by atoms with E-state index in [1.54, 1.807) is 12.5 Å². The molecule has 3 aromatic heterocycles. The van der Waals surface area contributed by atoms with Gasteiger partial charge >= 0.3 is 0 Å². The van der Waals surface area contributed by atoms with E-state index in [4.69, 9.17) is 4.42 Å². The summed E-state index contributed by atoms with van der Waals surface area (Å²) < 4.78 is 7.52. The Hall–Kier alpha value is -1.84. The van der Waals surface area contributed by atoms with Crippen LogP contribution in [0.5, 0.6) is 0 Å². The number of hydrogen-bond acceptors (Lipinski definition) is 3. The first-order chi connectivity index (χ1) is 7.57. The summed E-state index contributed by atoms with van der Waals surface area (Å²) >= 11 is 0. The van der Waals surface area contributed by atoms with Crippen molar-refractivity contribution < 1.29 is 4.42 Å². The van der Waals surface area contributed by atoms with Crippen LogP contribution < -0.4 is 0 Å². The molecule has 0 aliphatic rings. The van der Waals surface area contributed by atoms with Gasteiger partial charge in [0.05, 0.1) is 18.2 Å². The first-order valence-corrected chi connectivity index (χ1v) is 5.27. The van der Waals surface area contributed by atoms with Crippen molar-refractivity contribution in [3.8, 4) is 0 Å². The van der Waals surface area contributed by atoms with Crippen molar-refractivity contribution in [2.45, 2.75) is 26.2 Å². The quantitative estimate of drug-likeness (QED) is 0.579. The van der Waals surface area contributed by atoms with Crippen LogP contribution in [0, 0.1) is 0 Å². The number of fused-ring (bicyclic) bond motifs is 3. The molecule has 3 rings (SSSR count).